The zero-order valence-corrected chi connectivity index (χ0v) is 21.5. The summed E-state index contributed by atoms with van der Waals surface area (Å²) in [5.74, 6) is -1.44. The molecule has 1 unspecified atom stereocenters. The topological polar surface area (TPSA) is 89.3 Å². The van der Waals surface area contributed by atoms with Crippen LogP contribution < -0.4 is 11.1 Å². The summed E-state index contributed by atoms with van der Waals surface area (Å²) in [6.45, 7) is 1.97. The molecule has 0 fully saturated rings. The van der Waals surface area contributed by atoms with Gasteiger partial charge in [0.15, 0.2) is 5.78 Å². The molecule has 4 aromatic rings. The molecule has 5 nitrogen and oxygen atoms in total. The second-order valence-electron chi connectivity index (χ2n) is 9.32. The van der Waals surface area contributed by atoms with Crippen LogP contribution in [0.5, 0.6) is 0 Å². The van der Waals surface area contributed by atoms with Crippen LogP contribution >= 0.6 is 0 Å². The van der Waals surface area contributed by atoms with Gasteiger partial charge in [0.1, 0.15) is 0 Å². The fourth-order valence-electron chi connectivity index (χ4n) is 4.66. The van der Waals surface area contributed by atoms with E-state index in [4.69, 9.17) is 5.73 Å². The van der Waals surface area contributed by atoms with Gasteiger partial charge < -0.3 is 11.1 Å². The van der Waals surface area contributed by atoms with Crippen LogP contribution in [0.15, 0.2) is 91.0 Å². The maximum Gasteiger partial charge on any atom is 0.251 e. The fourth-order valence-corrected chi connectivity index (χ4v) is 4.66. The first-order valence-electron chi connectivity index (χ1n) is 12.9. The smallest absolute Gasteiger partial charge is 0.251 e. The molecule has 0 aromatic heterocycles. The first-order valence-corrected chi connectivity index (χ1v) is 12.9. The van der Waals surface area contributed by atoms with Crippen LogP contribution in [0.25, 0.3) is 22.9 Å². The summed E-state index contributed by atoms with van der Waals surface area (Å²) in [5, 5.41) is 5.02. The zero-order valence-electron chi connectivity index (χ0n) is 21.5. The molecule has 0 saturated heterocycles. The Labute approximate surface area is 223 Å². The second kappa shape index (κ2) is 12.6. The predicted octanol–water partition coefficient (Wildman–Crippen LogP) is 6.38. The molecule has 3 N–H and O–H groups in total. The molecule has 0 aliphatic heterocycles. The molecule has 0 radical (unpaired) electrons. The second-order valence-corrected chi connectivity index (χ2v) is 9.32. The highest BCUT2D eigenvalue weighted by Crippen LogP contribution is 2.30. The number of rotatable bonds is 11. The molecule has 0 saturated carbocycles. The number of ketones is 1. The van der Waals surface area contributed by atoms with Crippen molar-refractivity contribution in [2.24, 2.45) is 5.73 Å². The number of primary amides is 1. The maximum atomic E-state index is 13.5. The Morgan fingerprint density at radius 1 is 0.842 bits per heavy atom. The van der Waals surface area contributed by atoms with Crippen LogP contribution in [0.4, 0.5) is 0 Å². The summed E-state index contributed by atoms with van der Waals surface area (Å²) in [6.07, 6.45) is 6.16. The van der Waals surface area contributed by atoms with Gasteiger partial charge in [-0.25, -0.2) is 0 Å². The van der Waals surface area contributed by atoms with Crippen LogP contribution in [0.2, 0.25) is 0 Å². The Kier molecular flexibility index (Phi) is 8.83. The molecule has 0 bridgehead atoms. The van der Waals surface area contributed by atoms with E-state index in [9.17, 15) is 14.4 Å². The lowest BCUT2D eigenvalue weighted by atomic mass is 9.84. The number of Topliss-reactive ketones (excluding diaryl/α,β-unsaturated/α-hetero) is 1. The number of carbonyl (C=O) groups excluding carboxylic acids is 3. The third kappa shape index (κ3) is 6.43. The van der Waals surface area contributed by atoms with Crippen molar-refractivity contribution in [1.29, 1.82) is 0 Å². The van der Waals surface area contributed by atoms with Gasteiger partial charge in [-0.1, -0.05) is 98.6 Å². The SMILES string of the molecule is CCCCC(C(=O)CNC(=O)c1ccccc1)c1cccc(C(N)=O)c1C=Cc1ccc2ccccc2c1. The lowest BCUT2D eigenvalue weighted by Crippen LogP contribution is -2.32. The van der Waals surface area contributed by atoms with Crippen LogP contribution in [-0.2, 0) is 4.79 Å². The van der Waals surface area contributed by atoms with Crippen molar-refractivity contribution in [2.45, 2.75) is 32.1 Å². The molecule has 0 aliphatic carbocycles. The van der Waals surface area contributed by atoms with Crippen LogP contribution in [-0.4, -0.2) is 24.1 Å². The third-order valence-electron chi connectivity index (χ3n) is 6.69. The number of hydrogen-bond acceptors (Lipinski definition) is 3. The van der Waals surface area contributed by atoms with E-state index < -0.39 is 11.8 Å². The largest absolute Gasteiger partial charge is 0.366 e. The first kappa shape index (κ1) is 26.6. The molecule has 4 aromatic carbocycles. The highest BCUT2D eigenvalue weighted by Gasteiger charge is 2.25. The number of carbonyl (C=O) groups is 3. The van der Waals surface area contributed by atoms with E-state index in [-0.39, 0.29) is 18.2 Å². The minimum atomic E-state index is -0.552. The summed E-state index contributed by atoms with van der Waals surface area (Å²) < 4.78 is 0. The van der Waals surface area contributed by atoms with Gasteiger partial charge in [-0.2, -0.15) is 0 Å². The van der Waals surface area contributed by atoms with E-state index in [2.05, 4.69) is 36.5 Å². The molecule has 0 spiro atoms. The van der Waals surface area contributed by atoms with Crippen molar-refractivity contribution in [3.63, 3.8) is 0 Å². The Morgan fingerprint density at radius 3 is 2.32 bits per heavy atom. The van der Waals surface area contributed by atoms with Gasteiger partial charge in [-0.15, -0.1) is 0 Å². The summed E-state index contributed by atoms with van der Waals surface area (Å²) >= 11 is 0. The van der Waals surface area contributed by atoms with Gasteiger partial charge in [0, 0.05) is 17.0 Å². The standard InChI is InChI=1S/C33H32N2O3/c1-2-3-14-29(31(36)22-35-33(38)25-11-5-4-6-12-25)27-15-9-16-30(32(34)37)28(27)20-18-23-17-19-24-10-7-8-13-26(24)21-23/h4-13,15-21,29H,2-3,14,22H2,1H3,(H2,34,37)(H,35,38). The van der Waals surface area contributed by atoms with Crippen molar-refractivity contribution in [3.8, 4) is 0 Å². The van der Waals surface area contributed by atoms with Crippen molar-refractivity contribution in [2.75, 3.05) is 6.54 Å². The molecule has 1 atom stereocenters. The lowest BCUT2D eigenvalue weighted by molar-refractivity contribution is -0.119. The monoisotopic (exact) mass is 504 g/mol. The maximum absolute atomic E-state index is 13.5. The Bertz CT molecular complexity index is 1470. The van der Waals surface area contributed by atoms with Crippen LogP contribution in [0.1, 0.15) is 69.5 Å². The van der Waals surface area contributed by atoms with Crippen molar-refractivity contribution < 1.29 is 14.4 Å². The van der Waals surface area contributed by atoms with Gasteiger partial charge in [-0.3, -0.25) is 14.4 Å². The minimum Gasteiger partial charge on any atom is -0.366 e. The number of nitrogens with one attached hydrogen (secondary N) is 1. The quantitative estimate of drug-likeness (QED) is 0.232. The van der Waals surface area contributed by atoms with Crippen LogP contribution in [0.3, 0.4) is 0 Å². The summed E-state index contributed by atoms with van der Waals surface area (Å²) in [7, 11) is 0. The van der Waals surface area contributed by atoms with E-state index in [1.807, 2.05) is 42.5 Å². The number of fused-ring (bicyclic) bond motifs is 1. The van der Waals surface area contributed by atoms with Gasteiger partial charge in [-0.05, 0) is 58.1 Å². The van der Waals surface area contributed by atoms with Crippen molar-refractivity contribution in [1.82, 2.24) is 5.32 Å². The van der Waals surface area contributed by atoms with Gasteiger partial charge in [0.25, 0.3) is 5.91 Å². The number of amides is 2. The molecule has 38 heavy (non-hydrogen) atoms. The average molecular weight is 505 g/mol. The third-order valence-corrected chi connectivity index (χ3v) is 6.69. The molecule has 192 valence electrons. The fraction of sp³-hybridized carbons (Fsp3) is 0.182. The van der Waals surface area contributed by atoms with Crippen molar-refractivity contribution >= 4 is 40.5 Å². The molecule has 5 heteroatoms. The average Bonchev–Trinajstić information content (AvgIpc) is 2.95. The first-order chi connectivity index (χ1) is 18.5. The molecular formula is C33H32N2O3. The van der Waals surface area contributed by atoms with E-state index in [1.165, 1.54) is 0 Å². The molecule has 0 heterocycles. The van der Waals surface area contributed by atoms with Crippen LogP contribution in [0, 0.1) is 0 Å². The highest BCUT2D eigenvalue weighted by molar-refractivity contribution is 6.01. The number of unbranched alkanes of at least 4 members (excludes halogenated alkanes) is 1. The van der Waals surface area contributed by atoms with E-state index >= 15 is 0 Å². The number of hydrogen-bond donors (Lipinski definition) is 2. The zero-order chi connectivity index (χ0) is 26.9. The Hall–Kier alpha value is -4.51. The lowest BCUT2D eigenvalue weighted by Gasteiger charge is -2.20. The predicted molar refractivity (Wildman–Crippen MR) is 154 cm³/mol. The normalized spacial score (nSPS) is 11.9. The molecule has 2 amide bonds. The highest BCUT2D eigenvalue weighted by atomic mass is 16.2. The number of benzene rings is 4. The van der Waals surface area contributed by atoms with Gasteiger partial charge in [0.05, 0.1) is 6.54 Å². The summed E-state index contributed by atoms with van der Waals surface area (Å²) in [5.41, 5.74) is 8.96. The van der Waals surface area contributed by atoms with Crippen molar-refractivity contribution in [3.05, 3.63) is 119 Å². The molecule has 4 rings (SSSR count). The van der Waals surface area contributed by atoms with Gasteiger partial charge in [0.2, 0.25) is 5.91 Å². The summed E-state index contributed by atoms with van der Waals surface area (Å²) in [4.78, 5) is 38.4. The molecular weight excluding hydrogens is 472 g/mol. The van der Waals surface area contributed by atoms with E-state index in [1.54, 1.807) is 36.4 Å². The van der Waals surface area contributed by atoms with E-state index in [0.717, 1.165) is 34.7 Å². The summed E-state index contributed by atoms with van der Waals surface area (Å²) in [6, 6.07) is 28.4. The molecule has 0 aliphatic rings. The Balaban J connectivity index is 1.66. The van der Waals surface area contributed by atoms with Gasteiger partial charge >= 0.3 is 0 Å². The van der Waals surface area contributed by atoms with E-state index in [0.29, 0.717) is 23.1 Å². The number of nitrogens with two attached hydrogens (primary N) is 1. The Morgan fingerprint density at radius 2 is 1.58 bits per heavy atom. The minimum absolute atomic E-state index is 0.100.